The van der Waals surface area contributed by atoms with E-state index in [4.69, 9.17) is 16.3 Å². The van der Waals surface area contributed by atoms with Gasteiger partial charge in [0.1, 0.15) is 5.75 Å². The molecule has 0 aliphatic carbocycles. The van der Waals surface area contributed by atoms with Gasteiger partial charge in [0.15, 0.2) is 11.9 Å². The highest BCUT2D eigenvalue weighted by molar-refractivity contribution is 6.30. The smallest absolute Gasteiger partial charge is 0.324 e. The molecule has 134 valence electrons. The van der Waals surface area contributed by atoms with Gasteiger partial charge >= 0.3 is 6.03 Å². The zero-order chi connectivity index (χ0) is 18.7. The van der Waals surface area contributed by atoms with E-state index in [0.717, 1.165) is 4.90 Å². The number of nitrogens with one attached hydrogen (secondary N) is 1. The van der Waals surface area contributed by atoms with Crippen molar-refractivity contribution in [1.29, 1.82) is 0 Å². The zero-order valence-corrected chi connectivity index (χ0v) is 14.8. The second-order valence-electron chi connectivity index (χ2n) is 5.84. The summed E-state index contributed by atoms with van der Waals surface area (Å²) in [5.41, 5.74) is 1.03. The number of carbonyl (C=O) groups excluding carboxylic acids is 3. The van der Waals surface area contributed by atoms with E-state index in [1.165, 1.54) is 0 Å². The van der Waals surface area contributed by atoms with Crippen molar-refractivity contribution in [2.24, 2.45) is 0 Å². The normalized spacial score (nSPS) is 14.7. The predicted molar refractivity (Wildman–Crippen MR) is 96.5 cm³/mol. The fourth-order valence-electron chi connectivity index (χ4n) is 2.61. The van der Waals surface area contributed by atoms with E-state index in [2.05, 4.69) is 5.32 Å². The molecule has 7 heteroatoms. The fourth-order valence-corrected chi connectivity index (χ4v) is 2.73. The molecule has 0 aromatic heterocycles. The van der Waals surface area contributed by atoms with Gasteiger partial charge in [0.25, 0.3) is 5.91 Å². The van der Waals surface area contributed by atoms with Gasteiger partial charge in [0.2, 0.25) is 0 Å². The van der Waals surface area contributed by atoms with Gasteiger partial charge in [-0.1, -0.05) is 11.6 Å². The molecule has 26 heavy (non-hydrogen) atoms. The maximum Gasteiger partial charge on any atom is 0.324 e. The summed E-state index contributed by atoms with van der Waals surface area (Å²) >= 11 is 5.83. The highest BCUT2D eigenvalue weighted by atomic mass is 35.5. The van der Waals surface area contributed by atoms with E-state index >= 15 is 0 Å². The summed E-state index contributed by atoms with van der Waals surface area (Å²) in [5.74, 6) is -0.0921. The summed E-state index contributed by atoms with van der Waals surface area (Å²) in [5, 5.41) is 3.14. The number of amides is 3. The lowest BCUT2D eigenvalue weighted by atomic mass is 10.0. The number of halogens is 1. The number of rotatable bonds is 5. The molecule has 1 fully saturated rings. The molecule has 1 aliphatic rings. The number of ether oxygens (including phenoxy) is 1. The van der Waals surface area contributed by atoms with Crippen molar-refractivity contribution < 1.29 is 19.1 Å². The molecule has 0 spiro atoms. The van der Waals surface area contributed by atoms with Gasteiger partial charge in [-0.15, -0.1) is 0 Å². The Morgan fingerprint density at radius 2 is 1.65 bits per heavy atom. The van der Waals surface area contributed by atoms with Gasteiger partial charge in [-0.25, -0.2) is 4.79 Å². The van der Waals surface area contributed by atoms with Crippen molar-refractivity contribution in [2.75, 3.05) is 13.1 Å². The van der Waals surface area contributed by atoms with E-state index in [9.17, 15) is 14.4 Å². The number of urea groups is 1. The lowest BCUT2D eigenvalue weighted by molar-refractivity contribution is -0.134. The van der Waals surface area contributed by atoms with Crippen LogP contribution < -0.4 is 10.1 Å². The van der Waals surface area contributed by atoms with Crippen LogP contribution in [0.25, 0.3) is 0 Å². The summed E-state index contributed by atoms with van der Waals surface area (Å²) in [6.07, 6.45) is -0.809. The molecule has 0 saturated carbocycles. The first-order chi connectivity index (χ1) is 12.5. The van der Waals surface area contributed by atoms with Crippen LogP contribution in [0.15, 0.2) is 48.5 Å². The molecule has 2 aromatic carbocycles. The quantitative estimate of drug-likeness (QED) is 0.819. The molecular formula is C19H17ClN2O4. The van der Waals surface area contributed by atoms with Crippen LogP contribution in [0.1, 0.15) is 22.8 Å². The Morgan fingerprint density at radius 3 is 2.19 bits per heavy atom. The highest BCUT2D eigenvalue weighted by Gasteiger charge is 2.30. The van der Waals surface area contributed by atoms with Crippen LogP contribution >= 0.6 is 11.6 Å². The Balaban J connectivity index is 1.65. The molecule has 1 N–H and O–H groups in total. The third-order valence-corrected chi connectivity index (χ3v) is 4.26. The van der Waals surface area contributed by atoms with Crippen molar-refractivity contribution in [3.8, 4) is 5.75 Å². The van der Waals surface area contributed by atoms with Crippen LogP contribution in [0.4, 0.5) is 4.79 Å². The summed E-state index contributed by atoms with van der Waals surface area (Å²) in [7, 11) is 0. The van der Waals surface area contributed by atoms with Crippen molar-refractivity contribution in [2.45, 2.75) is 13.0 Å². The minimum Gasteiger partial charge on any atom is -0.481 e. The molecule has 0 unspecified atom stereocenters. The molecule has 1 heterocycles. The maximum atomic E-state index is 12.4. The third-order valence-electron chi connectivity index (χ3n) is 4.01. The maximum absolute atomic E-state index is 12.4. The number of hydrogen-bond acceptors (Lipinski definition) is 4. The second-order valence-corrected chi connectivity index (χ2v) is 6.28. The van der Waals surface area contributed by atoms with Crippen molar-refractivity contribution >= 4 is 29.3 Å². The number of hydrogen-bond donors (Lipinski definition) is 1. The summed E-state index contributed by atoms with van der Waals surface area (Å²) < 4.78 is 5.59. The predicted octanol–water partition coefficient (Wildman–Crippen LogP) is 2.89. The summed E-state index contributed by atoms with van der Waals surface area (Å²) in [6.45, 7) is 2.36. The lowest BCUT2D eigenvalue weighted by Gasteiger charge is -2.19. The van der Waals surface area contributed by atoms with Crippen LogP contribution in [0.3, 0.4) is 0 Å². The average Bonchev–Trinajstić information content (AvgIpc) is 3.07. The molecule has 2 aromatic rings. The van der Waals surface area contributed by atoms with Crippen LogP contribution in [-0.4, -0.2) is 41.8 Å². The van der Waals surface area contributed by atoms with Crippen LogP contribution in [0.2, 0.25) is 5.02 Å². The lowest BCUT2D eigenvalue weighted by Crippen LogP contribution is -2.42. The number of nitrogens with zero attached hydrogens (tertiary/aromatic N) is 1. The van der Waals surface area contributed by atoms with E-state index in [-0.39, 0.29) is 5.78 Å². The third kappa shape index (κ3) is 3.86. The Bertz CT molecular complexity index is 834. The Kier molecular flexibility index (Phi) is 5.23. The van der Waals surface area contributed by atoms with Crippen molar-refractivity contribution in [3.63, 3.8) is 0 Å². The first-order valence-electron chi connectivity index (χ1n) is 8.12. The van der Waals surface area contributed by atoms with Crippen molar-refractivity contribution in [3.05, 3.63) is 64.7 Å². The van der Waals surface area contributed by atoms with E-state index in [1.807, 2.05) is 0 Å². The molecule has 3 amide bonds. The Hall–Kier alpha value is -2.86. The van der Waals surface area contributed by atoms with E-state index in [1.54, 1.807) is 55.5 Å². The van der Waals surface area contributed by atoms with Gasteiger partial charge in [0, 0.05) is 29.2 Å². The van der Waals surface area contributed by atoms with E-state index < -0.39 is 18.0 Å². The standard InChI is InChI=1S/C19H17ClN2O4/c1-12(18(24)22-11-10-21-19(22)25)26-16-8-4-14(5-9-16)17(23)13-2-6-15(20)7-3-13/h2-9,12H,10-11H2,1H3,(H,21,25)/t12-/m1/s1. The van der Waals surface area contributed by atoms with Crippen LogP contribution in [0, 0.1) is 0 Å². The van der Waals surface area contributed by atoms with Crippen LogP contribution in [-0.2, 0) is 4.79 Å². The molecule has 6 nitrogen and oxygen atoms in total. The largest absolute Gasteiger partial charge is 0.481 e. The minimum atomic E-state index is -0.809. The molecule has 1 atom stereocenters. The number of benzene rings is 2. The molecule has 1 saturated heterocycles. The van der Waals surface area contributed by atoms with E-state index in [0.29, 0.717) is 35.0 Å². The highest BCUT2D eigenvalue weighted by Crippen LogP contribution is 2.18. The average molecular weight is 373 g/mol. The van der Waals surface area contributed by atoms with Crippen LogP contribution in [0.5, 0.6) is 5.75 Å². The number of imide groups is 1. The first kappa shape index (κ1) is 17.9. The molecule has 1 aliphatic heterocycles. The van der Waals surface area contributed by atoms with Gasteiger partial charge in [-0.3, -0.25) is 14.5 Å². The summed E-state index contributed by atoms with van der Waals surface area (Å²) in [6, 6.07) is 12.7. The van der Waals surface area contributed by atoms with Gasteiger partial charge in [-0.2, -0.15) is 0 Å². The fraction of sp³-hybridized carbons (Fsp3) is 0.211. The number of ketones is 1. The van der Waals surface area contributed by atoms with Gasteiger partial charge in [0.05, 0.1) is 0 Å². The minimum absolute atomic E-state index is 0.133. The Labute approximate surface area is 155 Å². The van der Waals surface area contributed by atoms with Gasteiger partial charge in [-0.05, 0) is 55.5 Å². The second kappa shape index (κ2) is 7.58. The Morgan fingerprint density at radius 1 is 1.08 bits per heavy atom. The monoisotopic (exact) mass is 372 g/mol. The summed E-state index contributed by atoms with van der Waals surface area (Å²) in [4.78, 5) is 37.3. The topological polar surface area (TPSA) is 75.7 Å². The van der Waals surface area contributed by atoms with Gasteiger partial charge < -0.3 is 10.1 Å². The first-order valence-corrected chi connectivity index (χ1v) is 8.49. The molecule has 0 bridgehead atoms. The number of carbonyl (C=O) groups is 3. The molecule has 0 radical (unpaired) electrons. The molecule has 3 rings (SSSR count). The molecular weight excluding hydrogens is 356 g/mol. The zero-order valence-electron chi connectivity index (χ0n) is 14.1. The van der Waals surface area contributed by atoms with Crippen molar-refractivity contribution in [1.82, 2.24) is 10.2 Å². The SMILES string of the molecule is C[C@@H](Oc1ccc(C(=O)c2ccc(Cl)cc2)cc1)C(=O)N1CCNC1=O.